The first-order chi connectivity index (χ1) is 6.27. The summed E-state index contributed by atoms with van der Waals surface area (Å²) in [6, 6.07) is 8.57. The van der Waals surface area contributed by atoms with E-state index in [2.05, 4.69) is 36.1 Å². The van der Waals surface area contributed by atoms with E-state index < -0.39 is 20.2 Å². The maximum atomic E-state index is 10.3. The molecule has 0 radical (unpaired) electrons. The number of benzene rings is 1. The van der Waals surface area contributed by atoms with Gasteiger partial charge in [0.05, 0.1) is 0 Å². The zero-order valence-corrected chi connectivity index (χ0v) is 10.7. The van der Waals surface area contributed by atoms with Gasteiger partial charge in [0.15, 0.2) is 0 Å². The van der Waals surface area contributed by atoms with Crippen LogP contribution in [0.15, 0.2) is 24.3 Å². The molecule has 2 heteroatoms. The van der Waals surface area contributed by atoms with Crippen LogP contribution in [-0.4, -0.2) is 26.5 Å². The van der Waals surface area contributed by atoms with Gasteiger partial charge in [-0.25, -0.2) is 0 Å². The predicted octanol–water partition coefficient (Wildman–Crippen LogP) is 1.78. The van der Waals surface area contributed by atoms with Gasteiger partial charge in [0.25, 0.3) is 0 Å². The van der Waals surface area contributed by atoms with Crippen molar-refractivity contribution < 1.29 is 4.79 Å². The molecule has 0 spiro atoms. The molecular formula is C11H15OSb. The van der Waals surface area contributed by atoms with Gasteiger partial charge >= 0.3 is 87.2 Å². The average Bonchev–Trinajstić information content (AvgIpc) is 2.18. The Morgan fingerprint density at radius 2 is 1.92 bits per heavy atom. The Labute approximate surface area is 87.1 Å². The van der Waals surface area contributed by atoms with Gasteiger partial charge in [0.1, 0.15) is 0 Å². The first kappa shape index (κ1) is 10.8. The maximum absolute atomic E-state index is 10.3. The van der Waals surface area contributed by atoms with E-state index in [9.17, 15) is 4.79 Å². The quantitative estimate of drug-likeness (QED) is 0.609. The van der Waals surface area contributed by atoms with Crippen molar-refractivity contribution in [3.05, 3.63) is 29.8 Å². The van der Waals surface area contributed by atoms with Crippen LogP contribution in [0.4, 0.5) is 0 Å². The average molecular weight is 285 g/mol. The molecule has 0 aromatic heterocycles. The van der Waals surface area contributed by atoms with Crippen LogP contribution >= 0.6 is 0 Å². The molecule has 1 aromatic carbocycles. The first-order valence-electron chi connectivity index (χ1n) is 4.51. The third-order valence-electron chi connectivity index (χ3n) is 2.17. The Hall–Kier alpha value is -0.292. The molecule has 1 rings (SSSR count). The van der Waals surface area contributed by atoms with Crippen LogP contribution in [0.1, 0.15) is 12.5 Å². The zero-order valence-electron chi connectivity index (χ0n) is 8.16. The Balaban J connectivity index is 2.74. The van der Waals surface area contributed by atoms with Crippen LogP contribution in [0.2, 0.25) is 9.24 Å². The monoisotopic (exact) mass is 284 g/mol. The molecule has 0 aliphatic heterocycles. The second-order valence-corrected chi connectivity index (χ2v) is 10.3. The Morgan fingerprint density at radius 1 is 1.31 bits per heavy atom. The van der Waals surface area contributed by atoms with Crippen molar-refractivity contribution in [3.8, 4) is 0 Å². The van der Waals surface area contributed by atoms with Gasteiger partial charge in [0, 0.05) is 0 Å². The molecule has 0 N–H and O–H groups in total. The summed E-state index contributed by atoms with van der Waals surface area (Å²) in [4.78, 5) is 12.7. The van der Waals surface area contributed by atoms with Crippen LogP contribution in [0.3, 0.4) is 0 Å². The summed E-state index contributed by atoms with van der Waals surface area (Å²) in [5.74, 6) is 0. The van der Waals surface area contributed by atoms with E-state index in [1.807, 2.05) is 0 Å². The van der Waals surface area contributed by atoms with Crippen molar-refractivity contribution in [2.45, 2.75) is 22.6 Å². The van der Waals surface area contributed by atoms with Crippen molar-refractivity contribution in [2.24, 2.45) is 0 Å². The Kier molecular flexibility index (Phi) is 4.51. The summed E-state index contributed by atoms with van der Waals surface area (Å²) in [5.41, 5.74) is 1.13. The SMILES string of the molecule is C[CH2][Sb]([CH3])[c]1ccc(CC=O)cc1. The molecule has 1 aromatic rings. The standard InChI is InChI=1S/C8H7O.C2H5.CH3.Sb/c9-7-6-8-4-2-1-3-5-8;1-2;;/h2-5,7H,6H2;1H2,2H3;1H3;. The number of hydrogen-bond acceptors (Lipinski definition) is 1. The molecule has 1 nitrogen and oxygen atoms in total. The molecule has 0 heterocycles. The van der Waals surface area contributed by atoms with Crippen molar-refractivity contribution in [2.75, 3.05) is 0 Å². The fourth-order valence-corrected chi connectivity index (χ4v) is 4.09. The van der Waals surface area contributed by atoms with E-state index in [4.69, 9.17) is 0 Å². The normalized spacial score (nSPS) is 10.4. The Morgan fingerprint density at radius 3 is 2.38 bits per heavy atom. The minimum atomic E-state index is -1.08. The summed E-state index contributed by atoms with van der Waals surface area (Å²) in [6.07, 6.45) is 1.51. The van der Waals surface area contributed by atoms with Gasteiger partial charge in [-0.1, -0.05) is 0 Å². The van der Waals surface area contributed by atoms with E-state index in [0.29, 0.717) is 6.42 Å². The molecule has 0 atom stereocenters. The molecule has 0 aliphatic rings. The molecule has 0 fully saturated rings. The molecule has 0 bridgehead atoms. The number of aldehydes is 1. The Bertz CT molecular complexity index is 266. The topological polar surface area (TPSA) is 17.1 Å². The van der Waals surface area contributed by atoms with E-state index in [1.165, 1.54) is 4.37 Å². The van der Waals surface area contributed by atoms with Crippen LogP contribution in [-0.2, 0) is 11.2 Å². The second kappa shape index (κ2) is 5.44. The number of hydrogen-bond donors (Lipinski definition) is 0. The van der Waals surface area contributed by atoms with E-state index in [0.717, 1.165) is 11.8 Å². The molecule has 13 heavy (non-hydrogen) atoms. The van der Waals surface area contributed by atoms with E-state index in [1.54, 1.807) is 3.51 Å². The van der Waals surface area contributed by atoms with Crippen LogP contribution in [0.25, 0.3) is 0 Å². The summed E-state index contributed by atoms with van der Waals surface area (Å²) >= 11 is -1.08. The number of rotatable bonds is 4. The van der Waals surface area contributed by atoms with Gasteiger partial charge in [-0.2, -0.15) is 0 Å². The van der Waals surface area contributed by atoms with Gasteiger partial charge in [-0.3, -0.25) is 0 Å². The summed E-state index contributed by atoms with van der Waals surface area (Å²) in [7, 11) is 0. The fraction of sp³-hybridized carbons (Fsp3) is 0.364. The van der Waals surface area contributed by atoms with Crippen molar-refractivity contribution in [1.82, 2.24) is 0 Å². The van der Waals surface area contributed by atoms with Crippen molar-refractivity contribution >= 4 is 30.0 Å². The van der Waals surface area contributed by atoms with Gasteiger partial charge < -0.3 is 0 Å². The molecule has 0 saturated heterocycles. The molecule has 0 unspecified atom stereocenters. The van der Waals surface area contributed by atoms with Crippen LogP contribution in [0.5, 0.6) is 0 Å². The second-order valence-electron chi connectivity index (χ2n) is 3.05. The predicted molar refractivity (Wildman–Crippen MR) is 57.9 cm³/mol. The first-order valence-corrected chi connectivity index (χ1v) is 10.1. The summed E-state index contributed by atoms with van der Waals surface area (Å²) in [6.45, 7) is 2.27. The van der Waals surface area contributed by atoms with Gasteiger partial charge in [-0.15, -0.1) is 0 Å². The molecular weight excluding hydrogens is 270 g/mol. The minimum absolute atomic E-state index is 0.549. The number of carbonyl (C=O) groups excluding carboxylic acids is 1. The van der Waals surface area contributed by atoms with Gasteiger partial charge in [0.2, 0.25) is 0 Å². The van der Waals surface area contributed by atoms with E-state index >= 15 is 0 Å². The van der Waals surface area contributed by atoms with E-state index in [-0.39, 0.29) is 0 Å². The summed E-state index contributed by atoms with van der Waals surface area (Å²) in [5, 5.41) is 0. The fourth-order valence-electron chi connectivity index (χ4n) is 1.17. The zero-order chi connectivity index (χ0) is 9.68. The third kappa shape index (κ3) is 3.15. The molecule has 70 valence electrons. The summed E-state index contributed by atoms with van der Waals surface area (Å²) < 4.78 is 2.88. The molecule has 0 amide bonds. The van der Waals surface area contributed by atoms with Gasteiger partial charge in [-0.05, 0) is 0 Å². The number of carbonyl (C=O) groups is 1. The molecule has 0 aliphatic carbocycles. The third-order valence-corrected chi connectivity index (χ3v) is 8.25. The van der Waals surface area contributed by atoms with Crippen molar-refractivity contribution in [3.63, 3.8) is 0 Å². The van der Waals surface area contributed by atoms with Crippen molar-refractivity contribution in [1.29, 1.82) is 0 Å². The van der Waals surface area contributed by atoms with Crippen LogP contribution < -0.4 is 3.51 Å². The molecule has 0 saturated carbocycles. The van der Waals surface area contributed by atoms with Crippen LogP contribution in [0, 0.1) is 0 Å².